The van der Waals surface area contributed by atoms with Crippen molar-refractivity contribution >= 4 is 23.4 Å². The maximum atomic E-state index is 14.0. The van der Waals surface area contributed by atoms with Gasteiger partial charge in [-0.25, -0.2) is 9.18 Å². The van der Waals surface area contributed by atoms with Gasteiger partial charge in [0, 0.05) is 56.2 Å². The number of aromatic nitrogens is 2. The van der Waals surface area contributed by atoms with Crippen molar-refractivity contribution in [1.29, 1.82) is 0 Å². The van der Waals surface area contributed by atoms with Gasteiger partial charge in [0.05, 0.1) is 11.3 Å². The van der Waals surface area contributed by atoms with Crippen molar-refractivity contribution in [3.05, 3.63) is 71.7 Å². The van der Waals surface area contributed by atoms with E-state index in [4.69, 9.17) is 4.74 Å². The summed E-state index contributed by atoms with van der Waals surface area (Å²) in [6, 6.07) is 14.7. The SMILES string of the molecule is Cn1nc(C(C)(C)C)cc1NC(=O)Nc1cccc(OC2CCN(C(=O)c3ccccc3F)CC2)c1. The number of hydrogen-bond donors (Lipinski definition) is 2. The summed E-state index contributed by atoms with van der Waals surface area (Å²) in [5, 5.41) is 10.1. The molecule has 0 bridgehead atoms. The van der Waals surface area contributed by atoms with E-state index in [0.29, 0.717) is 43.2 Å². The number of amides is 3. The molecule has 1 aliphatic heterocycles. The standard InChI is InChI=1S/C27H32FN5O3/c1-27(2,3)23-17-24(32(4)31-23)30-26(35)29-18-8-7-9-20(16-18)36-19-12-14-33(15-13-19)25(34)21-10-5-6-11-22(21)28/h5-11,16-17,19H,12-15H2,1-4H3,(H2,29,30,35). The van der Waals surface area contributed by atoms with Gasteiger partial charge in [-0.05, 0) is 24.3 Å². The highest BCUT2D eigenvalue weighted by Crippen LogP contribution is 2.25. The van der Waals surface area contributed by atoms with Gasteiger partial charge in [-0.1, -0.05) is 39.0 Å². The first-order valence-corrected chi connectivity index (χ1v) is 12.0. The van der Waals surface area contributed by atoms with Crippen molar-refractivity contribution in [3.63, 3.8) is 0 Å². The average Bonchev–Trinajstić information content (AvgIpc) is 3.20. The molecule has 8 nitrogen and oxygen atoms in total. The first-order chi connectivity index (χ1) is 17.1. The summed E-state index contributed by atoms with van der Waals surface area (Å²) in [5.41, 5.74) is 1.45. The summed E-state index contributed by atoms with van der Waals surface area (Å²) in [4.78, 5) is 26.9. The number of ether oxygens (including phenoxy) is 1. The lowest BCUT2D eigenvalue weighted by molar-refractivity contribution is 0.0591. The number of urea groups is 1. The van der Waals surface area contributed by atoms with Crippen molar-refractivity contribution in [2.24, 2.45) is 7.05 Å². The van der Waals surface area contributed by atoms with Crippen LogP contribution in [0.25, 0.3) is 0 Å². The number of halogens is 1. The second-order valence-electron chi connectivity index (χ2n) is 9.98. The van der Waals surface area contributed by atoms with Crippen LogP contribution in [0.15, 0.2) is 54.6 Å². The molecule has 0 unspecified atom stereocenters. The highest BCUT2D eigenvalue weighted by Gasteiger charge is 2.26. The quantitative estimate of drug-likeness (QED) is 0.512. The van der Waals surface area contributed by atoms with Crippen LogP contribution >= 0.6 is 0 Å². The first kappa shape index (κ1) is 25.2. The van der Waals surface area contributed by atoms with Crippen molar-refractivity contribution < 1.29 is 18.7 Å². The topological polar surface area (TPSA) is 88.5 Å². The maximum Gasteiger partial charge on any atom is 0.324 e. The van der Waals surface area contributed by atoms with Crippen molar-refractivity contribution in [1.82, 2.24) is 14.7 Å². The first-order valence-electron chi connectivity index (χ1n) is 12.0. The van der Waals surface area contributed by atoms with E-state index < -0.39 is 5.82 Å². The Morgan fingerprint density at radius 2 is 1.75 bits per heavy atom. The number of anilines is 2. The lowest BCUT2D eigenvalue weighted by Crippen LogP contribution is -2.42. The van der Waals surface area contributed by atoms with E-state index in [1.54, 1.807) is 40.9 Å². The van der Waals surface area contributed by atoms with Gasteiger partial charge in [0.15, 0.2) is 0 Å². The average molecular weight is 494 g/mol. The summed E-state index contributed by atoms with van der Waals surface area (Å²) in [6.45, 7) is 7.17. The normalized spacial score (nSPS) is 14.4. The number of carbonyl (C=O) groups excluding carboxylic acids is 2. The molecule has 0 radical (unpaired) electrons. The lowest BCUT2D eigenvalue weighted by atomic mass is 9.92. The lowest BCUT2D eigenvalue weighted by Gasteiger charge is -2.32. The van der Waals surface area contributed by atoms with Crippen molar-refractivity contribution in [3.8, 4) is 5.75 Å². The van der Waals surface area contributed by atoms with E-state index in [2.05, 4.69) is 36.5 Å². The zero-order valence-electron chi connectivity index (χ0n) is 21.0. The third kappa shape index (κ3) is 6.02. The van der Waals surface area contributed by atoms with Gasteiger partial charge in [0.1, 0.15) is 23.5 Å². The molecule has 3 amide bonds. The summed E-state index contributed by atoms with van der Waals surface area (Å²) in [6.07, 6.45) is 1.19. The highest BCUT2D eigenvalue weighted by atomic mass is 19.1. The fourth-order valence-electron chi connectivity index (χ4n) is 4.05. The molecule has 36 heavy (non-hydrogen) atoms. The molecule has 0 saturated carbocycles. The summed E-state index contributed by atoms with van der Waals surface area (Å²) < 4.78 is 21.7. The fourth-order valence-corrected chi connectivity index (χ4v) is 4.05. The van der Waals surface area contributed by atoms with Crippen LogP contribution in [0.2, 0.25) is 0 Å². The Morgan fingerprint density at radius 1 is 1.03 bits per heavy atom. The Hall–Kier alpha value is -3.88. The van der Waals surface area contributed by atoms with E-state index in [1.807, 2.05) is 18.2 Å². The Bertz CT molecular complexity index is 1240. The number of aryl methyl sites for hydroxylation is 1. The summed E-state index contributed by atoms with van der Waals surface area (Å²) in [5.74, 6) is 0.419. The molecule has 1 fully saturated rings. The van der Waals surface area contributed by atoms with Crippen LogP contribution < -0.4 is 15.4 Å². The predicted octanol–water partition coefficient (Wildman–Crippen LogP) is 5.18. The minimum Gasteiger partial charge on any atom is -0.490 e. The van der Waals surface area contributed by atoms with E-state index in [-0.39, 0.29) is 29.0 Å². The second kappa shape index (κ2) is 10.4. The minimum absolute atomic E-state index is 0.0796. The molecule has 2 aromatic carbocycles. The molecule has 1 aliphatic rings. The van der Waals surface area contributed by atoms with Gasteiger partial charge in [-0.2, -0.15) is 5.10 Å². The molecule has 1 saturated heterocycles. The number of benzene rings is 2. The summed E-state index contributed by atoms with van der Waals surface area (Å²) >= 11 is 0. The van der Waals surface area contributed by atoms with Gasteiger partial charge in [0.2, 0.25) is 0 Å². The monoisotopic (exact) mass is 493 g/mol. The largest absolute Gasteiger partial charge is 0.490 e. The summed E-state index contributed by atoms with van der Waals surface area (Å²) in [7, 11) is 1.79. The second-order valence-corrected chi connectivity index (χ2v) is 9.98. The Labute approximate surface area is 210 Å². The van der Waals surface area contributed by atoms with Crippen LogP contribution in [0.4, 0.5) is 20.7 Å². The van der Waals surface area contributed by atoms with Crippen LogP contribution in [-0.4, -0.2) is 45.8 Å². The minimum atomic E-state index is -0.507. The number of piperidine rings is 1. The van der Waals surface area contributed by atoms with Gasteiger partial charge in [-0.15, -0.1) is 0 Å². The Kier molecular flexibility index (Phi) is 7.28. The van der Waals surface area contributed by atoms with Crippen molar-refractivity contribution in [2.45, 2.75) is 45.1 Å². The molecule has 0 aliphatic carbocycles. The number of hydrogen-bond acceptors (Lipinski definition) is 4. The van der Waals surface area contributed by atoms with Crippen molar-refractivity contribution in [2.75, 3.05) is 23.7 Å². The molecule has 3 aromatic rings. The van der Waals surface area contributed by atoms with Crippen LogP contribution in [-0.2, 0) is 12.5 Å². The molecule has 190 valence electrons. The molecular weight excluding hydrogens is 461 g/mol. The van der Waals surface area contributed by atoms with E-state index in [1.165, 1.54) is 12.1 Å². The van der Waals surface area contributed by atoms with E-state index in [9.17, 15) is 14.0 Å². The number of nitrogens with one attached hydrogen (secondary N) is 2. The van der Waals surface area contributed by atoms with Gasteiger partial charge in [0.25, 0.3) is 5.91 Å². The number of rotatable bonds is 5. The molecule has 9 heteroatoms. The van der Waals surface area contributed by atoms with Crippen LogP contribution in [0, 0.1) is 5.82 Å². The van der Waals surface area contributed by atoms with E-state index >= 15 is 0 Å². The highest BCUT2D eigenvalue weighted by molar-refractivity contribution is 5.99. The zero-order chi connectivity index (χ0) is 25.9. The molecule has 4 rings (SSSR count). The molecular formula is C27H32FN5O3. The van der Waals surface area contributed by atoms with Gasteiger partial charge in [-0.3, -0.25) is 14.8 Å². The zero-order valence-corrected chi connectivity index (χ0v) is 21.0. The smallest absolute Gasteiger partial charge is 0.324 e. The Balaban J connectivity index is 1.30. The Morgan fingerprint density at radius 3 is 2.42 bits per heavy atom. The van der Waals surface area contributed by atoms with Gasteiger partial charge >= 0.3 is 6.03 Å². The third-order valence-electron chi connectivity index (χ3n) is 6.12. The van der Waals surface area contributed by atoms with Crippen LogP contribution in [0.1, 0.15) is 49.7 Å². The number of nitrogens with zero attached hydrogens (tertiary/aromatic N) is 3. The fraction of sp³-hybridized carbons (Fsp3) is 0.370. The number of likely N-dealkylation sites (tertiary alicyclic amines) is 1. The maximum absolute atomic E-state index is 14.0. The van der Waals surface area contributed by atoms with Gasteiger partial charge < -0.3 is 15.0 Å². The molecule has 2 N–H and O–H groups in total. The molecule has 0 spiro atoms. The van der Waals surface area contributed by atoms with E-state index in [0.717, 1.165) is 5.69 Å². The molecule has 1 aromatic heterocycles. The molecule has 0 atom stereocenters. The molecule has 2 heterocycles. The van der Waals surface area contributed by atoms with Crippen LogP contribution in [0.3, 0.4) is 0 Å². The van der Waals surface area contributed by atoms with Crippen LogP contribution in [0.5, 0.6) is 5.75 Å². The third-order valence-corrected chi connectivity index (χ3v) is 6.12. The number of carbonyl (C=O) groups is 2. The predicted molar refractivity (Wildman–Crippen MR) is 137 cm³/mol.